The van der Waals surface area contributed by atoms with Gasteiger partial charge in [-0.05, 0) is 17.9 Å². The normalized spacial score (nSPS) is 20.8. The van der Waals surface area contributed by atoms with Crippen molar-refractivity contribution >= 4 is 5.91 Å². The number of methoxy groups -OCH3 is 1. The highest BCUT2D eigenvalue weighted by Gasteiger charge is 2.68. The molecule has 0 spiro atoms. The second-order valence-electron chi connectivity index (χ2n) is 7.69. The molecule has 5 nitrogen and oxygen atoms in total. The number of halogens is 1. The highest BCUT2D eigenvalue weighted by Crippen LogP contribution is 2.65. The number of carbonyl (C=O) groups excluding carboxylic acids is 1. The van der Waals surface area contributed by atoms with E-state index >= 15 is 0 Å². The van der Waals surface area contributed by atoms with E-state index in [1.165, 1.54) is 6.07 Å². The molecule has 1 aliphatic rings. The molecule has 0 bridgehead atoms. The van der Waals surface area contributed by atoms with Crippen molar-refractivity contribution < 1.29 is 13.9 Å². The monoisotopic (exact) mass is 359 g/mol. The molecule has 1 aromatic carbocycles. The van der Waals surface area contributed by atoms with Crippen LogP contribution in [-0.4, -0.2) is 40.8 Å². The van der Waals surface area contributed by atoms with E-state index in [9.17, 15) is 9.18 Å². The van der Waals surface area contributed by atoms with Gasteiger partial charge in [-0.25, -0.2) is 4.39 Å². The van der Waals surface area contributed by atoms with Crippen molar-refractivity contribution in [2.24, 2.45) is 12.5 Å². The molecule has 1 amide bonds. The summed E-state index contributed by atoms with van der Waals surface area (Å²) >= 11 is 0. The molecule has 0 radical (unpaired) electrons. The second kappa shape index (κ2) is 6.83. The van der Waals surface area contributed by atoms with Gasteiger partial charge in [-0.2, -0.15) is 5.10 Å². The number of nitrogens with zero attached hydrogens (tertiary/aromatic N) is 3. The zero-order valence-electron chi connectivity index (χ0n) is 15.8. The number of hydrogen-bond donors (Lipinski definition) is 0. The summed E-state index contributed by atoms with van der Waals surface area (Å²) in [6.07, 6.45) is 4.28. The number of aromatic nitrogens is 2. The number of benzene rings is 1. The molecule has 1 atom stereocenters. The summed E-state index contributed by atoms with van der Waals surface area (Å²) in [5.74, 6) is -0.368. The van der Waals surface area contributed by atoms with Gasteiger partial charge >= 0.3 is 0 Å². The topological polar surface area (TPSA) is 47.4 Å². The standard InChI is InChI=1S/C20H26FN3O2/c1-19(2)14-20(19,16-7-5-6-8-17(16)21)18(25)24(9-10-26-4)13-15-11-22-23(3)12-15/h5-8,11-12H,9-10,13-14H2,1-4H3. The van der Waals surface area contributed by atoms with E-state index in [-0.39, 0.29) is 17.1 Å². The van der Waals surface area contributed by atoms with Crippen molar-refractivity contribution in [3.63, 3.8) is 0 Å². The molecule has 0 N–H and O–H groups in total. The summed E-state index contributed by atoms with van der Waals surface area (Å²) in [5.41, 5.74) is 0.323. The predicted octanol–water partition coefficient (Wildman–Crippen LogP) is 2.90. The predicted molar refractivity (Wildman–Crippen MR) is 97.0 cm³/mol. The fourth-order valence-corrected chi connectivity index (χ4v) is 3.86. The average Bonchev–Trinajstić information content (AvgIpc) is 2.95. The van der Waals surface area contributed by atoms with Gasteiger partial charge in [0.25, 0.3) is 0 Å². The third kappa shape index (κ3) is 3.14. The molecule has 1 aliphatic carbocycles. The van der Waals surface area contributed by atoms with Gasteiger partial charge in [0.05, 0.1) is 18.2 Å². The zero-order chi connectivity index (χ0) is 18.9. The SMILES string of the molecule is COCCN(Cc1cnn(C)c1)C(=O)C1(c2ccccc2F)CC1(C)C. The van der Waals surface area contributed by atoms with Gasteiger partial charge in [-0.3, -0.25) is 9.48 Å². The molecule has 2 aromatic rings. The number of ether oxygens (including phenoxy) is 1. The molecule has 1 heterocycles. The van der Waals surface area contributed by atoms with Crippen LogP contribution in [0.1, 0.15) is 31.4 Å². The van der Waals surface area contributed by atoms with Gasteiger partial charge in [0.2, 0.25) is 5.91 Å². The fourth-order valence-electron chi connectivity index (χ4n) is 3.86. The van der Waals surface area contributed by atoms with Crippen LogP contribution in [0.2, 0.25) is 0 Å². The van der Waals surface area contributed by atoms with Gasteiger partial charge in [-0.15, -0.1) is 0 Å². The van der Waals surface area contributed by atoms with E-state index in [0.29, 0.717) is 31.7 Å². The maximum atomic E-state index is 14.6. The molecule has 6 heteroatoms. The van der Waals surface area contributed by atoms with Crippen LogP contribution in [0.25, 0.3) is 0 Å². The van der Waals surface area contributed by atoms with E-state index in [2.05, 4.69) is 5.10 Å². The molecular weight excluding hydrogens is 333 g/mol. The number of carbonyl (C=O) groups is 1. The number of hydrogen-bond acceptors (Lipinski definition) is 3. The van der Waals surface area contributed by atoms with Crippen molar-refractivity contribution in [1.29, 1.82) is 0 Å². The van der Waals surface area contributed by atoms with Crippen LogP contribution in [0.5, 0.6) is 0 Å². The summed E-state index contributed by atoms with van der Waals surface area (Å²) in [6, 6.07) is 6.62. The highest BCUT2D eigenvalue weighted by atomic mass is 19.1. The summed E-state index contributed by atoms with van der Waals surface area (Å²) < 4.78 is 21.5. The Balaban J connectivity index is 1.94. The smallest absolute Gasteiger partial charge is 0.234 e. The van der Waals surface area contributed by atoms with Crippen LogP contribution in [0.3, 0.4) is 0 Å². The lowest BCUT2D eigenvalue weighted by molar-refractivity contribution is -0.136. The Bertz CT molecular complexity index is 802. The van der Waals surface area contributed by atoms with Gasteiger partial charge in [0.15, 0.2) is 0 Å². The molecule has 1 saturated carbocycles. The third-order valence-corrected chi connectivity index (χ3v) is 5.42. The van der Waals surface area contributed by atoms with Crippen molar-refractivity contribution in [1.82, 2.24) is 14.7 Å². The van der Waals surface area contributed by atoms with Crippen LogP contribution < -0.4 is 0 Å². The van der Waals surface area contributed by atoms with Gasteiger partial charge in [0, 0.05) is 44.6 Å². The lowest BCUT2D eigenvalue weighted by atomic mass is 9.86. The summed E-state index contributed by atoms with van der Waals surface area (Å²) in [7, 11) is 3.45. The minimum absolute atomic E-state index is 0.0477. The summed E-state index contributed by atoms with van der Waals surface area (Å²) in [5, 5.41) is 4.18. The van der Waals surface area contributed by atoms with E-state index in [4.69, 9.17) is 4.74 Å². The molecule has 0 aliphatic heterocycles. The maximum absolute atomic E-state index is 14.6. The molecule has 3 rings (SSSR count). The Hall–Kier alpha value is -2.21. The highest BCUT2D eigenvalue weighted by molar-refractivity contribution is 5.93. The van der Waals surface area contributed by atoms with Crippen molar-refractivity contribution in [2.75, 3.05) is 20.3 Å². The van der Waals surface area contributed by atoms with E-state index < -0.39 is 5.41 Å². The van der Waals surface area contributed by atoms with Crippen molar-refractivity contribution in [2.45, 2.75) is 32.2 Å². The fraction of sp³-hybridized carbons (Fsp3) is 0.500. The molecule has 1 unspecified atom stereocenters. The minimum Gasteiger partial charge on any atom is -0.383 e. The third-order valence-electron chi connectivity index (χ3n) is 5.42. The number of aryl methyl sites for hydroxylation is 1. The number of rotatable bonds is 7. The Morgan fingerprint density at radius 2 is 2.08 bits per heavy atom. The Labute approximate surface area is 153 Å². The van der Waals surface area contributed by atoms with Crippen LogP contribution in [0.15, 0.2) is 36.7 Å². The van der Waals surface area contributed by atoms with Crippen molar-refractivity contribution in [3.05, 3.63) is 53.6 Å². The minimum atomic E-state index is -0.825. The Kier molecular flexibility index (Phi) is 4.88. The van der Waals surface area contributed by atoms with Crippen LogP contribution in [0, 0.1) is 11.2 Å². The number of amides is 1. The summed E-state index contributed by atoms with van der Waals surface area (Å²) in [4.78, 5) is 15.4. The lowest BCUT2D eigenvalue weighted by Gasteiger charge is -2.30. The van der Waals surface area contributed by atoms with E-state index in [1.54, 1.807) is 41.1 Å². The molecular formula is C20H26FN3O2. The van der Waals surface area contributed by atoms with E-state index in [1.807, 2.05) is 27.1 Å². The van der Waals surface area contributed by atoms with Crippen LogP contribution in [-0.2, 0) is 28.5 Å². The summed E-state index contributed by atoms with van der Waals surface area (Å²) in [6.45, 7) is 5.37. The van der Waals surface area contributed by atoms with E-state index in [0.717, 1.165) is 5.56 Å². The van der Waals surface area contributed by atoms with Gasteiger partial charge in [-0.1, -0.05) is 32.0 Å². The van der Waals surface area contributed by atoms with Crippen LogP contribution in [0.4, 0.5) is 4.39 Å². The Morgan fingerprint density at radius 3 is 2.62 bits per heavy atom. The first kappa shape index (κ1) is 18.6. The molecule has 1 aromatic heterocycles. The van der Waals surface area contributed by atoms with Gasteiger partial charge in [0.1, 0.15) is 5.82 Å². The second-order valence-corrected chi connectivity index (χ2v) is 7.69. The lowest BCUT2D eigenvalue weighted by Crippen LogP contribution is -2.43. The first-order valence-electron chi connectivity index (χ1n) is 8.83. The molecule has 26 heavy (non-hydrogen) atoms. The quantitative estimate of drug-likeness (QED) is 0.764. The average molecular weight is 359 g/mol. The molecule has 1 fully saturated rings. The molecule has 0 saturated heterocycles. The molecule has 140 valence electrons. The largest absolute Gasteiger partial charge is 0.383 e. The zero-order valence-corrected chi connectivity index (χ0v) is 15.8. The first-order chi connectivity index (χ1) is 12.3. The first-order valence-corrected chi connectivity index (χ1v) is 8.83. The Morgan fingerprint density at radius 1 is 1.38 bits per heavy atom. The maximum Gasteiger partial charge on any atom is 0.234 e. The van der Waals surface area contributed by atoms with Gasteiger partial charge < -0.3 is 9.64 Å². The van der Waals surface area contributed by atoms with Crippen LogP contribution >= 0.6 is 0 Å². The van der Waals surface area contributed by atoms with Crippen molar-refractivity contribution in [3.8, 4) is 0 Å².